The number of halogens is 2. The highest BCUT2D eigenvalue weighted by Gasteiger charge is 2.42. The molecule has 1 aromatic carbocycles. The molecular weight excluding hydrogens is 320 g/mol. The highest BCUT2D eigenvalue weighted by Crippen LogP contribution is 2.25. The average molecular weight is 341 g/mol. The Balaban J connectivity index is 1.84. The van der Waals surface area contributed by atoms with E-state index in [0.29, 0.717) is 5.75 Å². The molecule has 2 amide bonds. The van der Waals surface area contributed by atoms with E-state index in [0.717, 1.165) is 5.56 Å². The summed E-state index contributed by atoms with van der Waals surface area (Å²) >= 11 is 0. The van der Waals surface area contributed by atoms with E-state index in [1.807, 2.05) is 0 Å². The van der Waals surface area contributed by atoms with Gasteiger partial charge in [0.25, 0.3) is 11.8 Å². The van der Waals surface area contributed by atoms with E-state index in [1.54, 1.807) is 38.4 Å². The van der Waals surface area contributed by atoms with E-state index < -0.39 is 30.8 Å². The maximum absolute atomic E-state index is 13.1. The third-order valence-electron chi connectivity index (χ3n) is 3.65. The quantitative estimate of drug-likeness (QED) is 0.802. The standard InChI is InChI=1S/C16H21F2N3O3/c1-21(2)14(22)9-24-12-5-3-4-11(6-12)8-19-15(23)13-7-16(17,18)10-20-13/h3-6,13,20H,7-10H2,1-2H3,(H,19,23). The first-order chi connectivity index (χ1) is 11.3. The van der Waals surface area contributed by atoms with Crippen LogP contribution in [-0.2, 0) is 16.1 Å². The van der Waals surface area contributed by atoms with Gasteiger partial charge in [-0.25, -0.2) is 8.78 Å². The first kappa shape index (κ1) is 18.1. The minimum Gasteiger partial charge on any atom is -0.484 e. The number of hydrogen-bond donors (Lipinski definition) is 2. The van der Waals surface area contributed by atoms with Crippen LogP contribution < -0.4 is 15.4 Å². The molecular formula is C16H21F2N3O3. The first-order valence-corrected chi connectivity index (χ1v) is 7.58. The molecule has 132 valence electrons. The molecule has 1 aromatic rings. The van der Waals surface area contributed by atoms with Crippen molar-refractivity contribution in [1.29, 1.82) is 0 Å². The van der Waals surface area contributed by atoms with Crippen LogP contribution in [0, 0.1) is 0 Å². The number of likely N-dealkylation sites (N-methyl/N-ethyl adjacent to an activating group) is 1. The molecule has 0 aliphatic carbocycles. The SMILES string of the molecule is CN(C)C(=O)COc1cccc(CNC(=O)C2CC(F)(F)CN2)c1. The van der Waals surface area contributed by atoms with Crippen LogP contribution in [0.15, 0.2) is 24.3 Å². The smallest absolute Gasteiger partial charge is 0.262 e. The maximum atomic E-state index is 13.1. The highest BCUT2D eigenvalue weighted by atomic mass is 19.3. The maximum Gasteiger partial charge on any atom is 0.262 e. The van der Waals surface area contributed by atoms with Crippen molar-refractivity contribution in [2.75, 3.05) is 27.2 Å². The monoisotopic (exact) mass is 341 g/mol. The van der Waals surface area contributed by atoms with E-state index in [9.17, 15) is 18.4 Å². The summed E-state index contributed by atoms with van der Waals surface area (Å²) in [5.41, 5.74) is 0.753. The molecule has 0 bridgehead atoms. The lowest BCUT2D eigenvalue weighted by atomic mass is 10.1. The fraction of sp³-hybridized carbons (Fsp3) is 0.500. The number of nitrogens with zero attached hydrogens (tertiary/aromatic N) is 1. The fourth-order valence-electron chi connectivity index (χ4n) is 2.23. The number of amides is 2. The van der Waals surface area contributed by atoms with Gasteiger partial charge in [0.1, 0.15) is 5.75 Å². The number of rotatable bonds is 6. The van der Waals surface area contributed by atoms with Crippen molar-refractivity contribution in [3.63, 3.8) is 0 Å². The number of nitrogens with one attached hydrogen (secondary N) is 2. The Kier molecular flexibility index (Phi) is 5.71. The topological polar surface area (TPSA) is 70.7 Å². The second-order valence-electron chi connectivity index (χ2n) is 5.94. The molecule has 1 saturated heterocycles. The predicted molar refractivity (Wildman–Crippen MR) is 83.8 cm³/mol. The van der Waals surface area contributed by atoms with E-state index in [4.69, 9.17) is 4.74 Å². The molecule has 0 spiro atoms. The van der Waals surface area contributed by atoms with Crippen LogP contribution in [0.1, 0.15) is 12.0 Å². The van der Waals surface area contributed by atoms with Crippen molar-refractivity contribution in [2.24, 2.45) is 0 Å². The van der Waals surface area contributed by atoms with Crippen LogP contribution >= 0.6 is 0 Å². The Hall–Kier alpha value is -2.22. The minimum absolute atomic E-state index is 0.0795. The summed E-state index contributed by atoms with van der Waals surface area (Å²) in [5, 5.41) is 5.13. The van der Waals surface area contributed by atoms with Crippen molar-refractivity contribution in [3.05, 3.63) is 29.8 Å². The molecule has 1 atom stereocenters. The Morgan fingerprint density at radius 2 is 2.17 bits per heavy atom. The largest absolute Gasteiger partial charge is 0.484 e. The fourth-order valence-corrected chi connectivity index (χ4v) is 2.23. The summed E-state index contributed by atoms with van der Waals surface area (Å²) in [7, 11) is 3.27. The predicted octanol–water partition coefficient (Wildman–Crippen LogP) is 0.767. The van der Waals surface area contributed by atoms with E-state index in [1.165, 1.54) is 4.90 Å². The zero-order chi connectivity index (χ0) is 17.7. The Labute approximate surface area is 139 Å². The van der Waals surface area contributed by atoms with Gasteiger partial charge in [-0.15, -0.1) is 0 Å². The van der Waals surface area contributed by atoms with Crippen LogP contribution in [-0.4, -0.2) is 55.9 Å². The molecule has 24 heavy (non-hydrogen) atoms. The van der Waals surface area contributed by atoms with Gasteiger partial charge in [0.15, 0.2) is 6.61 Å². The second kappa shape index (κ2) is 7.57. The van der Waals surface area contributed by atoms with Gasteiger partial charge < -0.3 is 15.0 Å². The van der Waals surface area contributed by atoms with Gasteiger partial charge in [-0.2, -0.15) is 0 Å². The van der Waals surface area contributed by atoms with Gasteiger partial charge in [0.2, 0.25) is 5.91 Å². The molecule has 2 rings (SSSR count). The van der Waals surface area contributed by atoms with Crippen molar-refractivity contribution in [2.45, 2.75) is 24.9 Å². The van der Waals surface area contributed by atoms with E-state index in [2.05, 4.69) is 10.6 Å². The Morgan fingerprint density at radius 1 is 1.42 bits per heavy atom. The van der Waals surface area contributed by atoms with Gasteiger partial charge in [0, 0.05) is 27.1 Å². The molecule has 2 N–H and O–H groups in total. The summed E-state index contributed by atoms with van der Waals surface area (Å²) in [4.78, 5) is 24.8. The van der Waals surface area contributed by atoms with Crippen LogP contribution in [0.5, 0.6) is 5.75 Å². The third-order valence-corrected chi connectivity index (χ3v) is 3.65. The van der Waals surface area contributed by atoms with Crippen LogP contribution in [0.25, 0.3) is 0 Å². The normalized spacial score (nSPS) is 18.9. The first-order valence-electron chi connectivity index (χ1n) is 7.58. The minimum atomic E-state index is -2.84. The number of carbonyl (C=O) groups is 2. The van der Waals surface area contributed by atoms with Crippen molar-refractivity contribution in [1.82, 2.24) is 15.5 Å². The molecule has 1 heterocycles. The lowest BCUT2D eigenvalue weighted by Crippen LogP contribution is -2.40. The van der Waals surface area contributed by atoms with Crippen molar-refractivity contribution >= 4 is 11.8 Å². The van der Waals surface area contributed by atoms with Gasteiger partial charge >= 0.3 is 0 Å². The lowest BCUT2D eigenvalue weighted by molar-refractivity contribution is -0.130. The summed E-state index contributed by atoms with van der Waals surface area (Å²) in [6, 6.07) is 6.03. The van der Waals surface area contributed by atoms with Crippen LogP contribution in [0.4, 0.5) is 8.78 Å². The Morgan fingerprint density at radius 3 is 2.79 bits per heavy atom. The van der Waals surface area contributed by atoms with Crippen molar-refractivity contribution < 1.29 is 23.1 Å². The second-order valence-corrected chi connectivity index (χ2v) is 5.94. The van der Waals surface area contributed by atoms with Crippen LogP contribution in [0.2, 0.25) is 0 Å². The van der Waals surface area contributed by atoms with Gasteiger partial charge in [0.05, 0.1) is 12.6 Å². The van der Waals surface area contributed by atoms with Crippen LogP contribution in [0.3, 0.4) is 0 Å². The number of alkyl halides is 2. The van der Waals surface area contributed by atoms with E-state index >= 15 is 0 Å². The lowest BCUT2D eigenvalue weighted by Gasteiger charge is -2.13. The molecule has 1 aliphatic heterocycles. The molecule has 0 radical (unpaired) electrons. The highest BCUT2D eigenvalue weighted by molar-refractivity contribution is 5.82. The van der Waals surface area contributed by atoms with Gasteiger partial charge in [-0.1, -0.05) is 12.1 Å². The zero-order valence-corrected chi connectivity index (χ0v) is 13.6. The summed E-state index contributed by atoms with van der Waals surface area (Å²) in [6.07, 6.45) is -0.491. The Bertz CT molecular complexity index is 608. The number of hydrogen-bond acceptors (Lipinski definition) is 4. The third kappa shape index (κ3) is 5.16. The number of ether oxygens (including phenoxy) is 1. The summed E-state index contributed by atoms with van der Waals surface area (Å²) in [5.74, 6) is -2.96. The van der Waals surface area contributed by atoms with Gasteiger partial charge in [-0.05, 0) is 17.7 Å². The molecule has 0 saturated carbocycles. The summed E-state index contributed by atoms with van der Waals surface area (Å²) in [6.45, 7) is -0.361. The summed E-state index contributed by atoms with van der Waals surface area (Å²) < 4.78 is 31.6. The number of benzene rings is 1. The van der Waals surface area contributed by atoms with Crippen molar-refractivity contribution in [3.8, 4) is 5.75 Å². The molecule has 6 nitrogen and oxygen atoms in total. The van der Waals surface area contributed by atoms with Gasteiger partial charge in [-0.3, -0.25) is 14.9 Å². The number of carbonyl (C=O) groups excluding carboxylic acids is 2. The molecule has 1 fully saturated rings. The average Bonchev–Trinajstić information content (AvgIpc) is 2.90. The molecule has 1 aliphatic rings. The van der Waals surface area contributed by atoms with E-state index in [-0.39, 0.29) is 19.1 Å². The molecule has 8 heteroatoms. The molecule has 0 aromatic heterocycles. The molecule has 1 unspecified atom stereocenters. The zero-order valence-electron chi connectivity index (χ0n) is 13.6.